The van der Waals surface area contributed by atoms with Crippen LogP contribution in [0.2, 0.25) is 59.4 Å². The first-order valence-electron chi connectivity index (χ1n) is 14.7. The van der Waals surface area contributed by atoms with Gasteiger partial charge in [0, 0.05) is 8.07 Å². The molecule has 0 amide bonds. The Balaban J connectivity index is 0.000000585. The van der Waals surface area contributed by atoms with E-state index in [0.29, 0.717) is 10.1 Å². The minimum absolute atomic E-state index is 0.301. The van der Waals surface area contributed by atoms with E-state index in [4.69, 9.17) is 0 Å². The van der Waals surface area contributed by atoms with Crippen LogP contribution in [-0.2, 0) is 0 Å². The Morgan fingerprint density at radius 2 is 0.703 bits per heavy atom. The lowest BCUT2D eigenvalue weighted by atomic mass is 10.2. The first-order valence-corrected chi connectivity index (χ1v) is 23.4. The van der Waals surface area contributed by atoms with Gasteiger partial charge in [-0.25, -0.2) is 0 Å². The van der Waals surface area contributed by atoms with Gasteiger partial charge in [0.15, 0.2) is 0 Å². The van der Waals surface area contributed by atoms with Crippen LogP contribution in [0.1, 0.15) is 83.1 Å². The molecule has 3 heteroatoms. The molecule has 0 saturated carbocycles. The van der Waals surface area contributed by atoms with Crippen molar-refractivity contribution >= 4 is 34.6 Å². The molecule has 2 aromatic rings. The first kappa shape index (κ1) is 36.1. The molecule has 0 aromatic heterocycles. The molecule has 0 heterocycles. The van der Waals surface area contributed by atoms with Crippen molar-refractivity contribution in [3.8, 4) is 0 Å². The number of rotatable bonds is 5. The lowest BCUT2D eigenvalue weighted by Gasteiger charge is -2.41. The Morgan fingerprint density at radius 1 is 0.459 bits per heavy atom. The fourth-order valence-electron chi connectivity index (χ4n) is 4.58. The summed E-state index contributed by atoms with van der Waals surface area (Å²) in [6, 6.07) is 22.0. The van der Waals surface area contributed by atoms with Gasteiger partial charge in [0.2, 0.25) is 0 Å². The molecule has 2 aromatic carbocycles. The molecule has 0 fully saturated rings. The number of hydrogen-bond acceptors (Lipinski definition) is 0. The zero-order valence-electron chi connectivity index (χ0n) is 28.0. The summed E-state index contributed by atoms with van der Waals surface area (Å²) in [5, 5.41) is 3.91. The van der Waals surface area contributed by atoms with Gasteiger partial charge in [0.25, 0.3) is 0 Å². The third-order valence-electron chi connectivity index (χ3n) is 10.2. The minimum Gasteiger partial charge on any atom is -0.0692 e. The molecule has 0 aliphatic rings. The summed E-state index contributed by atoms with van der Waals surface area (Å²) < 4.78 is 0. The van der Waals surface area contributed by atoms with Crippen LogP contribution >= 0.6 is 0 Å². The van der Waals surface area contributed by atoms with Crippen molar-refractivity contribution in [2.45, 2.75) is 143 Å². The zero-order chi connectivity index (χ0) is 29.5. The molecular formula is C34H64Si3. The summed E-state index contributed by atoms with van der Waals surface area (Å²) in [7, 11) is -3.54. The summed E-state index contributed by atoms with van der Waals surface area (Å²) >= 11 is 0. The molecular weight excluding hydrogens is 493 g/mol. The molecule has 0 bridgehead atoms. The van der Waals surface area contributed by atoms with Gasteiger partial charge < -0.3 is 0 Å². The van der Waals surface area contributed by atoms with Crippen LogP contribution in [0.15, 0.2) is 60.7 Å². The van der Waals surface area contributed by atoms with Gasteiger partial charge >= 0.3 is 0 Å². The molecule has 0 spiro atoms. The Kier molecular flexibility index (Phi) is 13.6. The monoisotopic (exact) mass is 556 g/mol. The standard InChI is InChI=1S/C17H22Si.C10H24Si.C7H18Si/c1-17(2,3)18(4,15-11-7-5-8-12-15)16-13-9-6-10-14-16;1-8(2)11(7,9(3)4)10(5)6;1-7(2,3)8(4,5)6/h5-14H,1-4H3;8-10H,1-7H3;1-6H3. The molecule has 212 valence electrons. The summed E-state index contributed by atoms with van der Waals surface area (Å²) in [6.45, 7) is 40.8. The molecule has 0 atom stereocenters. The largest absolute Gasteiger partial charge is 0.120 e. The highest BCUT2D eigenvalue weighted by Gasteiger charge is 2.42. The normalized spacial score (nSPS) is 13.2. The molecule has 37 heavy (non-hydrogen) atoms. The van der Waals surface area contributed by atoms with Crippen LogP contribution in [-0.4, -0.2) is 24.2 Å². The maximum atomic E-state index is 2.55. The van der Waals surface area contributed by atoms with Crippen LogP contribution in [0.4, 0.5) is 0 Å². The minimum atomic E-state index is -1.70. The highest BCUT2D eigenvalue weighted by atomic mass is 28.3. The van der Waals surface area contributed by atoms with Gasteiger partial charge in [-0.1, -0.05) is 203 Å². The van der Waals surface area contributed by atoms with Gasteiger partial charge in [0.05, 0.1) is 8.07 Å². The fourth-order valence-corrected chi connectivity index (χ4v) is 12.4. The smallest absolute Gasteiger partial charge is 0.0692 e. The maximum Gasteiger partial charge on any atom is 0.120 e. The maximum absolute atomic E-state index is 2.55. The van der Waals surface area contributed by atoms with Crippen LogP contribution in [0.25, 0.3) is 0 Å². The van der Waals surface area contributed by atoms with Crippen molar-refractivity contribution in [3.05, 3.63) is 60.7 Å². The third-order valence-corrected chi connectivity index (χ3v) is 28.1. The van der Waals surface area contributed by atoms with Gasteiger partial charge in [-0.3, -0.25) is 0 Å². The van der Waals surface area contributed by atoms with Crippen molar-refractivity contribution in [3.63, 3.8) is 0 Å². The number of hydrogen-bond donors (Lipinski definition) is 0. The fraction of sp³-hybridized carbons (Fsp3) is 0.647. The molecule has 0 unspecified atom stereocenters. The first-order chi connectivity index (χ1) is 16.5. The van der Waals surface area contributed by atoms with E-state index in [1.807, 2.05) is 0 Å². The van der Waals surface area contributed by atoms with Gasteiger partial charge in [-0.2, -0.15) is 0 Å². The van der Waals surface area contributed by atoms with E-state index in [-0.39, 0.29) is 0 Å². The van der Waals surface area contributed by atoms with E-state index in [1.54, 1.807) is 0 Å². The Bertz CT molecular complexity index is 803. The summed E-state index contributed by atoms with van der Waals surface area (Å²) in [6.07, 6.45) is 0. The van der Waals surface area contributed by atoms with E-state index in [9.17, 15) is 0 Å². The van der Waals surface area contributed by atoms with Crippen molar-refractivity contribution in [1.29, 1.82) is 0 Å². The predicted octanol–water partition coefficient (Wildman–Crippen LogP) is 11.1. The highest BCUT2D eigenvalue weighted by molar-refractivity contribution is 7.03. The topological polar surface area (TPSA) is 0 Å². The van der Waals surface area contributed by atoms with E-state index >= 15 is 0 Å². The predicted molar refractivity (Wildman–Crippen MR) is 183 cm³/mol. The molecule has 0 aliphatic carbocycles. The van der Waals surface area contributed by atoms with E-state index in [1.165, 1.54) is 10.4 Å². The lowest BCUT2D eigenvalue weighted by molar-refractivity contribution is 0.724. The third kappa shape index (κ3) is 9.65. The van der Waals surface area contributed by atoms with Crippen molar-refractivity contribution in [1.82, 2.24) is 0 Å². The van der Waals surface area contributed by atoms with E-state index in [2.05, 4.69) is 176 Å². The van der Waals surface area contributed by atoms with E-state index < -0.39 is 24.2 Å². The Labute approximate surface area is 237 Å². The van der Waals surface area contributed by atoms with Gasteiger partial charge in [0.1, 0.15) is 8.07 Å². The average molecular weight is 557 g/mol. The van der Waals surface area contributed by atoms with Crippen LogP contribution in [0, 0.1) is 0 Å². The van der Waals surface area contributed by atoms with Crippen LogP contribution in [0.3, 0.4) is 0 Å². The highest BCUT2D eigenvalue weighted by Crippen LogP contribution is 2.41. The van der Waals surface area contributed by atoms with Crippen molar-refractivity contribution < 1.29 is 0 Å². The molecule has 0 nitrogen and oxygen atoms in total. The number of benzene rings is 2. The Hall–Kier alpha value is -0.909. The molecule has 0 saturated heterocycles. The summed E-state index contributed by atoms with van der Waals surface area (Å²) in [4.78, 5) is 0. The SMILES string of the molecule is CC(C)(C)[Si](C)(C)C.CC(C)(C)[Si](C)(c1ccccc1)c1ccccc1.CC(C)[Si](C)(C(C)C)C(C)C. The quantitative estimate of drug-likeness (QED) is 0.321. The molecule has 0 radical (unpaired) electrons. The van der Waals surface area contributed by atoms with Crippen molar-refractivity contribution in [2.24, 2.45) is 0 Å². The summed E-state index contributed by atoms with van der Waals surface area (Å²) in [5.74, 6) is 0. The van der Waals surface area contributed by atoms with Gasteiger partial charge in [-0.15, -0.1) is 0 Å². The molecule has 2 rings (SSSR count). The average Bonchev–Trinajstić information content (AvgIpc) is 2.77. The lowest BCUT2D eigenvalue weighted by Crippen LogP contribution is -2.61. The van der Waals surface area contributed by atoms with E-state index in [0.717, 1.165) is 16.6 Å². The van der Waals surface area contributed by atoms with Crippen molar-refractivity contribution in [2.75, 3.05) is 0 Å². The molecule has 0 aliphatic heterocycles. The second kappa shape index (κ2) is 13.9. The van der Waals surface area contributed by atoms with Crippen LogP contribution in [0.5, 0.6) is 0 Å². The Morgan fingerprint density at radius 3 is 0.838 bits per heavy atom. The second-order valence-electron chi connectivity index (χ2n) is 15.4. The van der Waals surface area contributed by atoms with Crippen LogP contribution < -0.4 is 10.4 Å². The van der Waals surface area contributed by atoms with Gasteiger partial charge in [-0.05, 0) is 10.1 Å². The zero-order valence-corrected chi connectivity index (χ0v) is 31.0. The summed E-state index contributed by atoms with van der Waals surface area (Å²) in [5.41, 5.74) is 2.76. The second-order valence-corrected chi connectivity index (χ2v) is 32.5. The molecule has 0 N–H and O–H groups in total.